The second-order valence-electron chi connectivity index (χ2n) is 18.8. The largest absolute Gasteiger partial charge is 0.462 e. The third-order valence-electron chi connectivity index (χ3n) is 12.0. The number of hydrogen-bond donors (Lipinski definition) is 0. The van der Waals surface area contributed by atoms with E-state index < -0.39 is 6.10 Å². The van der Waals surface area contributed by atoms with Gasteiger partial charge < -0.3 is 14.2 Å². The van der Waals surface area contributed by atoms with Crippen LogP contribution in [-0.2, 0) is 28.6 Å². The maximum absolute atomic E-state index is 12.9. The molecule has 0 spiro atoms. The van der Waals surface area contributed by atoms with E-state index in [1.807, 2.05) is 0 Å². The van der Waals surface area contributed by atoms with Crippen molar-refractivity contribution in [2.75, 3.05) is 13.2 Å². The van der Waals surface area contributed by atoms with Gasteiger partial charge in [0.2, 0.25) is 0 Å². The van der Waals surface area contributed by atoms with Crippen LogP contribution in [0.5, 0.6) is 0 Å². The molecule has 0 amide bonds. The van der Waals surface area contributed by atoms with Crippen LogP contribution in [0, 0.1) is 0 Å². The Hall–Kier alpha value is -3.67. The molecule has 0 rings (SSSR count). The molecule has 0 aromatic heterocycles. The Labute approximate surface area is 426 Å². The third kappa shape index (κ3) is 55.1. The predicted octanol–water partition coefficient (Wildman–Crippen LogP) is 19.3. The van der Waals surface area contributed by atoms with E-state index in [4.69, 9.17) is 14.2 Å². The summed E-state index contributed by atoms with van der Waals surface area (Å²) in [5, 5.41) is 0. The molecule has 394 valence electrons. The predicted molar refractivity (Wildman–Crippen MR) is 297 cm³/mol. The third-order valence-corrected chi connectivity index (χ3v) is 12.0. The Morgan fingerprint density at radius 1 is 0.304 bits per heavy atom. The Morgan fingerprint density at radius 2 is 0.565 bits per heavy atom. The van der Waals surface area contributed by atoms with Crippen molar-refractivity contribution in [3.8, 4) is 0 Å². The molecule has 0 unspecified atom stereocenters. The molecule has 6 nitrogen and oxygen atoms in total. The van der Waals surface area contributed by atoms with Crippen LogP contribution in [0.15, 0.2) is 97.2 Å². The Morgan fingerprint density at radius 3 is 0.942 bits per heavy atom. The molecule has 0 aliphatic rings. The van der Waals surface area contributed by atoms with Crippen molar-refractivity contribution in [2.24, 2.45) is 0 Å². The number of unbranched alkanes of at least 4 members (excludes halogenated alkanes) is 24. The summed E-state index contributed by atoms with van der Waals surface area (Å²) in [6, 6.07) is 0. The zero-order chi connectivity index (χ0) is 50.0. The minimum absolute atomic E-state index is 0.0976. The molecule has 0 fully saturated rings. The van der Waals surface area contributed by atoms with Gasteiger partial charge in [0, 0.05) is 19.3 Å². The lowest BCUT2D eigenvalue weighted by molar-refractivity contribution is -0.167. The van der Waals surface area contributed by atoms with Gasteiger partial charge in [0.25, 0.3) is 0 Å². The SMILES string of the molecule is CC/C=C\C/C=C\C/C=C\C/C=C\C/C=C\CCCCCC(=O)OC[C@@H](COC(=O)CCCCCCC/C=C\C/C=C\CCCCC)OC(=O)CCCCCCCCC/C=C\CCCCCCCC. The number of ether oxygens (including phenoxy) is 3. The number of carbonyl (C=O) groups is 3. The molecule has 0 saturated heterocycles. The van der Waals surface area contributed by atoms with Crippen LogP contribution in [0.3, 0.4) is 0 Å². The van der Waals surface area contributed by atoms with E-state index in [-0.39, 0.29) is 31.1 Å². The second kappa shape index (κ2) is 56.9. The van der Waals surface area contributed by atoms with E-state index in [9.17, 15) is 14.4 Å². The van der Waals surface area contributed by atoms with Crippen molar-refractivity contribution in [1.29, 1.82) is 0 Å². The molecule has 1 atom stereocenters. The highest BCUT2D eigenvalue weighted by molar-refractivity contribution is 5.71. The van der Waals surface area contributed by atoms with Crippen molar-refractivity contribution in [2.45, 2.75) is 271 Å². The van der Waals surface area contributed by atoms with Gasteiger partial charge in [-0.15, -0.1) is 0 Å². The van der Waals surface area contributed by atoms with E-state index in [2.05, 4.69) is 118 Å². The normalized spacial score (nSPS) is 12.8. The first-order chi connectivity index (χ1) is 34.0. The molecule has 0 aromatic carbocycles. The van der Waals surface area contributed by atoms with Crippen LogP contribution >= 0.6 is 0 Å². The van der Waals surface area contributed by atoms with Crippen LogP contribution in [0.1, 0.15) is 265 Å². The molecule has 6 heteroatoms. The summed E-state index contributed by atoms with van der Waals surface area (Å²) in [5.41, 5.74) is 0. The van der Waals surface area contributed by atoms with Gasteiger partial charge in [-0.1, -0.05) is 221 Å². The molecule has 0 bridgehead atoms. The summed E-state index contributed by atoms with van der Waals surface area (Å²) < 4.78 is 16.8. The van der Waals surface area contributed by atoms with E-state index in [1.54, 1.807) is 0 Å². The molecule has 0 heterocycles. The van der Waals surface area contributed by atoms with Gasteiger partial charge in [0.1, 0.15) is 13.2 Å². The van der Waals surface area contributed by atoms with Gasteiger partial charge >= 0.3 is 17.9 Å². The Kier molecular flexibility index (Phi) is 53.9. The fourth-order valence-corrected chi connectivity index (χ4v) is 7.73. The number of carbonyl (C=O) groups excluding carboxylic acids is 3. The number of hydrogen-bond acceptors (Lipinski definition) is 6. The lowest BCUT2D eigenvalue weighted by Gasteiger charge is -2.18. The summed E-state index contributed by atoms with van der Waals surface area (Å²) in [5.74, 6) is -0.945. The zero-order valence-electron chi connectivity index (χ0n) is 45.0. The van der Waals surface area contributed by atoms with Crippen LogP contribution in [-0.4, -0.2) is 37.2 Å². The molecular weight excluding hydrogens is 853 g/mol. The van der Waals surface area contributed by atoms with Crippen molar-refractivity contribution in [3.05, 3.63) is 97.2 Å². The molecule has 0 saturated carbocycles. The highest BCUT2D eigenvalue weighted by Crippen LogP contribution is 2.14. The Bertz CT molecular complexity index is 1380. The molecule has 0 N–H and O–H groups in total. The maximum Gasteiger partial charge on any atom is 0.306 e. The maximum atomic E-state index is 12.9. The monoisotopic (exact) mass is 959 g/mol. The van der Waals surface area contributed by atoms with Crippen molar-refractivity contribution in [1.82, 2.24) is 0 Å². The van der Waals surface area contributed by atoms with Gasteiger partial charge in [0.05, 0.1) is 0 Å². The summed E-state index contributed by atoms with van der Waals surface area (Å²) in [7, 11) is 0. The van der Waals surface area contributed by atoms with Crippen molar-refractivity contribution in [3.63, 3.8) is 0 Å². The average Bonchev–Trinajstić information content (AvgIpc) is 3.35. The Balaban J connectivity index is 4.48. The quantitative estimate of drug-likeness (QED) is 0.0262. The number of allylic oxidation sites excluding steroid dienone is 16. The van der Waals surface area contributed by atoms with Gasteiger partial charge in [-0.3, -0.25) is 14.4 Å². The first-order valence-corrected chi connectivity index (χ1v) is 28.7. The van der Waals surface area contributed by atoms with Gasteiger partial charge in [-0.2, -0.15) is 0 Å². The molecule has 0 aliphatic carbocycles. The highest BCUT2D eigenvalue weighted by Gasteiger charge is 2.19. The van der Waals surface area contributed by atoms with E-state index in [1.165, 1.54) is 103 Å². The number of esters is 3. The van der Waals surface area contributed by atoms with Crippen LogP contribution in [0.4, 0.5) is 0 Å². The minimum Gasteiger partial charge on any atom is -0.462 e. The first-order valence-electron chi connectivity index (χ1n) is 28.7. The van der Waals surface area contributed by atoms with E-state index in [0.29, 0.717) is 19.3 Å². The fraction of sp³-hybridized carbons (Fsp3) is 0.698. The summed E-state index contributed by atoms with van der Waals surface area (Å²) in [4.78, 5) is 38.2. The van der Waals surface area contributed by atoms with Crippen LogP contribution in [0.2, 0.25) is 0 Å². The van der Waals surface area contributed by atoms with Crippen molar-refractivity contribution >= 4 is 17.9 Å². The lowest BCUT2D eigenvalue weighted by Crippen LogP contribution is -2.30. The zero-order valence-corrected chi connectivity index (χ0v) is 45.0. The smallest absolute Gasteiger partial charge is 0.306 e. The van der Waals surface area contributed by atoms with Crippen molar-refractivity contribution < 1.29 is 28.6 Å². The van der Waals surface area contributed by atoms with E-state index >= 15 is 0 Å². The van der Waals surface area contributed by atoms with Gasteiger partial charge in [-0.05, 0) is 122 Å². The minimum atomic E-state index is -0.801. The summed E-state index contributed by atoms with van der Waals surface area (Å²) in [6.07, 6.45) is 75.3. The molecule has 69 heavy (non-hydrogen) atoms. The average molecular weight is 960 g/mol. The summed E-state index contributed by atoms with van der Waals surface area (Å²) >= 11 is 0. The van der Waals surface area contributed by atoms with Gasteiger partial charge in [0.15, 0.2) is 6.10 Å². The lowest BCUT2D eigenvalue weighted by atomic mass is 10.1. The molecule has 0 aromatic rings. The first kappa shape index (κ1) is 65.3. The van der Waals surface area contributed by atoms with E-state index in [0.717, 1.165) is 122 Å². The molecular formula is C63H106O6. The fourth-order valence-electron chi connectivity index (χ4n) is 7.73. The molecule has 0 aliphatic heterocycles. The summed E-state index contributed by atoms with van der Waals surface area (Å²) in [6.45, 7) is 6.46. The highest BCUT2D eigenvalue weighted by atomic mass is 16.6. The van der Waals surface area contributed by atoms with Crippen LogP contribution in [0.25, 0.3) is 0 Å². The molecule has 0 radical (unpaired) electrons. The van der Waals surface area contributed by atoms with Gasteiger partial charge in [-0.25, -0.2) is 0 Å². The van der Waals surface area contributed by atoms with Crippen LogP contribution < -0.4 is 0 Å². The second-order valence-corrected chi connectivity index (χ2v) is 18.8. The standard InChI is InChI=1S/C63H106O6/c1-4-7-10-13-16-19-22-25-28-30-31-33-35-38-41-44-47-50-53-56-62(65)68-59-60(58-67-61(64)55-52-49-46-43-40-37-34-27-24-21-18-15-12-9-6-3)69-63(66)57-54-51-48-45-42-39-36-32-29-26-23-20-17-14-11-8-5-2/h7,10,16,18-19,21,25-29,31,33-34,38,41,60H,4-6,8-9,11-15,17,20,22-24,30,32,35-37,39-40,42-59H2,1-3H3/b10-7-,19-16-,21-18-,28-25-,29-26-,33-31-,34-27-,41-38-/t60-/m1/s1. The number of rotatable bonds is 51. The topological polar surface area (TPSA) is 78.9 Å².